The van der Waals surface area contributed by atoms with E-state index < -0.39 is 0 Å². The highest BCUT2D eigenvalue weighted by Crippen LogP contribution is 2.33. The number of halogens is 2. The molecule has 0 fully saturated rings. The van der Waals surface area contributed by atoms with Gasteiger partial charge in [0.1, 0.15) is 11.4 Å². The molecule has 4 aromatic rings. The van der Waals surface area contributed by atoms with Gasteiger partial charge in [0.2, 0.25) is 0 Å². The summed E-state index contributed by atoms with van der Waals surface area (Å²) in [6.45, 7) is 0. The van der Waals surface area contributed by atoms with E-state index in [2.05, 4.69) is 0 Å². The maximum atomic E-state index is 6.18. The highest BCUT2D eigenvalue weighted by atomic mass is 35.5. The summed E-state index contributed by atoms with van der Waals surface area (Å²) >= 11 is 12.4. The van der Waals surface area contributed by atoms with Crippen LogP contribution in [0.4, 0.5) is 0 Å². The van der Waals surface area contributed by atoms with Crippen molar-refractivity contribution in [3.63, 3.8) is 0 Å². The van der Waals surface area contributed by atoms with E-state index in [9.17, 15) is 0 Å². The predicted molar refractivity (Wildman–Crippen MR) is 103 cm³/mol. The van der Waals surface area contributed by atoms with Gasteiger partial charge in [0, 0.05) is 21.0 Å². The summed E-state index contributed by atoms with van der Waals surface area (Å²) in [6, 6.07) is 21.4. The minimum absolute atomic E-state index is 0.588. The molecule has 25 heavy (non-hydrogen) atoms. The van der Waals surface area contributed by atoms with Crippen molar-refractivity contribution in [2.75, 3.05) is 7.11 Å². The fraction of sp³-hybridized carbons (Fsp3) is 0.0500. The lowest BCUT2D eigenvalue weighted by Gasteiger charge is -2.05. The second-order valence-corrected chi connectivity index (χ2v) is 6.51. The van der Waals surface area contributed by atoms with Crippen LogP contribution in [0.3, 0.4) is 0 Å². The van der Waals surface area contributed by atoms with Crippen LogP contribution in [-0.4, -0.2) is 16.9 Å². The monoisotopic (exact) mass is 368 g/mol. The number of para-hydroxylation sites is 1. The minimum atomic E-state index is 0.588. The number of methoxy groups -OCH3 is 1. The van der Waals surface area contributed by atoms with Crippen LogP contribution in [0, 0.1) is 0 Å². The number of benzene rings is 3. The first-order valence-electron chi connectivity index (χ1n) is 7.74. The molecule has 5 heteroatoms. The maximum absolute atomic E-state index is 6.18. The third kappa shape index (κ3) is 2.97. The zero-order valence-electron chi connectivity index (χ0n) is 13.4. The van der Waals surface area contributed by atoms with Gasteiger partial charge in [-0.2, -0.15) is 5.10 Å². The van der Waals surface area contributed by atoms with E-state index >= 15 is 0 Å². The van der Waals surface area contributed by atoms with Crippen LogP contribution in [-0.2, 0) is 0 Å². The zero-order chi connectivity index (χ0) is 17.4. The summed E-state index contributed by atoms with van der Waals surface area (Å²) < 4.78 is 7.15. The molecule has 0 unspecified atom stereocenters. The number of fused-ring (bicyclic) bond motifs is 1. The fourth-order valence-electron chi connectivity index (χ4n) is 2.89. The maximum Gasteiger partial charge on any atom is 0.119 e. The summed E-state index contributed by atoms with van der Waals surface area (Å²) in [4.78, 5) is 0. The molecule has 0 atom stereocenters. The van der Waals surface area contributed by atoms with Gasteiger partial charge in [-0.05, 0) is 48.5 Å². The van der Waals surface area contributed by atoms with Crippen molar-refractivity contribution < 1.29 is 4.74 Å². The van der Waals surface area contributed by atoms with Gasteiger partial charge < -0.3 is 4.74 Å². The Kier molecular flexibility index (Phi) is 4.12. The third-order valence-electron chi connectivity index (χ3n) is 4.04. The normalized spacial score (nSPS) is 11.0. The van der Waals surface area contributed by atoms with Crippen molar-refractivity contribution in [3.05, 3.63) is 76.8 Å². The smallest absolute Gasteiger partial charge is 0.119 e. The molecule has 124 valence electrons. The van der Waals surface area contributed by atoms with Gasteiger partial charge in [-0.25, -0.2) is 4.68 Å². The molecule has 0 bridgehead atoms. The van der Waals surface area contributed by atoms with Gasteiger partial charge in [0.15, 0.2) is 0 Å². The Morgan fingerprint density at radius 2 is 1.56 bits per heavy atom. The number of aromatic nitrogens is 2. The van der Waals surface area contributed by atoms with Gasteiger partial charge in [0.05, 0.1) is 18.3 Å². The SMILES string of the molecule is COc1ccc(-n2nc(-c3cc(Cl)cc(Cl)c3)c3ccccc32)cc1. The number of hydrogen-bond donors (Lipinski definition) is 0. The van der Waals surface area contributed by atoms with E-state index in [0.29, 0.717) is 10.0 Å². The van der Waals surface area contributed by atoms with Gasteiger partial charge in [-0.3, -0.25) is 0 Å². The molecular formula is C20H14Cl2N2O. The second kappa shape index (κ2) is 6.43. The summed E-state index contributed by atoms with van der Waals surface area (Å²) in [7, 11) is 1.65. The first kappa shape index (κ1) is 16.0. The number of hydrogen-bond acceptors (Lipinski definition) is 2. The molecule has 1 heterocycles. The van der Waals surface area contributed by atoms with Crippen LogP contribution < -0.4 is 4.74 Å². The molecule has 0 N–H and O–H groups in total. The van der Waals surface area contributed by atoms with E-state index in [-0.39, 0.29) is 0 Å². The average Bonchev–Trinajstić information content (AvgIpc) is 3.01. The molecule has 0 radical (unpaired) electrons. The number of rotatable bonds is 3. The molecule has 3 aromatic carbocycles. The Morgan fingerprint density at radius 3 is 2.24 bits per heavy atom. The van der Waals surface area contributed by atoms with Crippen molar-refractivity contribution in [1.82, 2.24) is 9.78 Å². The molecular weight excluding hydrogens is 355 g/mol. The van der Waals surface area contributed by atoms with Crippen LogP contribution in [0.25, 0.3) is 27.8 Å². The molecule has 0 aliphatic carbocycles. The van der Waals surface area contributed by atoms with Crippen molar-refractivity contribution in [1.29, 1.82) is 0 Å². The van der Waals surface area contributed by atoms with E-state index in [1.807, 2.05) is 65.3 Å². The molecule has 0 aliphatic heterocycles. The predicted octanol–water partition coefficient (Wildman–Crippen LogP) is 6.01. The third-order valence-corrected chi connectivity index (χ3v) is 4.48. The van der Waals surface area contributed by atoms with E-state index in [1.165, 1.54) is 0 Å². The summed E-state index contributed by atoms with van der Waals surface area (Å²) in [5.41, 5.74) is 3.70. The molecule has 0 spiro atoms. The van der Waals surface area contributed by atoms with Crippen LogP contribution in [0.2, 0.25) is 10.0 Å². The first-order chi connectivity index (χ1) is 12.2. The molecule has 0 aliphatic rings. The van der Waals surface area contributed by atoms with Gasteiger partial charge in [-0.15, -0.1) is 0 Å². The van der Waals surface area contributed by atoms with Gasteiger partial charge >= 0.3 is 0 Å². The quantitative estimate of drug-likeness (QED) is 0.442. The van der Waals surface area contributed by atoms with Gasteiger partial charge in [-0.1, -0.05) is 41.4 Å². The lowest BCUT2D eigenvalue weighted by molar-refractivity contribution is 0.414. The molecule has 1 aromatic heterocycles. The van der Waals surface area contributed by atoms with Crippen molar-refractivity contribution in [2.45, 2.75) is 0 Å². The summed E-state index contributed by atoms with van der Waals surface area (Å²) in [5, 5.41) is 7.04. The molecule has 0 amide bonds. The molecule has 3 nitrogen and oxygen atoms in total. The topological polar surface area (TPSA) is 27.1 Å². The number of nitrogens with zero attached hydrogens (tertiary/aromatic N) is 2. The Hall–Kier alpha value is -2.49. The Labute approximate surface area is 155 Å². The molecule has 0 saturated carbocycles. The average molecular weight is 369 g/mol. The summed E-state index contributed by atoms with van der Waals surface area (Å²) in [6.07, 6.45) is 0. The zero-order valence-corrected chi connectivity index (χ0v) is 14.9. The van der Waals surface area contributed by atoms with Crippen LogP contribution >= 0.6 is 23.2 Å². The van der Waals surface area contributed by atoms with Gasteiger partial charge in [0.25, 0.3) is 0 Å². The lowest BCUT2D eigenvalue weighted by atomic mass is 10.1. The van der Waals surface area contributed by atoms with E-state index in [0.717, 1.165) is 33.6 Å². The standard InChI is InChI=1S/C20H14Cl2N2O/c1-25-17-8-6-16(7-9-17)24-19-5-3-2-4-18(19)20(23-24)13-10-14(21)12-15(22)11-13/h2-12H,1H3. The molecule has 4 rings (SSSR count). The minimum Gasteiger partial charge on any atom is -0.497 e. The largest absolute Gasteiger partial charge is 0.497 e. The van der Waals surface area contributed by atoms with Crippen molar-refractivity contribution in [2.24, 2.45) is 0 Å². The molecule has 0 saturated heterocycles. The first-order valence-corrected chi connectivity index (χ1v) is 8.50. The lowest BCUT2D eigenvalue weighted by Crippen LogP contribution is -1.96. The summed E-state index contributed by atoms with van der Waals surface area (Å²) in [5.74, 6) is 0.807. The highest BCUT2D eigenvalue weighted by Gasteiger charge is 2.14. The fourth-order valence-corrected chi connectivity index (χ4v) is 3.42. The van der Waals surface area contributed by atoms with Crippen molar-refractivity contribution >= 4 is 34.1 Å². The van der Waals surface area contributed by atoms with Crippen LogP contribution in [0.15, 0.2) is 66.7 Å². The van der Waals surface area contributed by atoms with E-state index in [1.54, 1.807) is 13.2 Å². The van der Waals surface area contributed by atoms with Crippen LogP contribution in [0.5, 0.6) is 5.75 Å². The van der Waals surface area contributed by atoms with Crippen molar-refractivity contribution in [3.8, 4) is 22.7 Å². The van der Waals surface area contributed by atoms with Crippen LogP contribution in [0.1, 0.15) is 0 Å². The highest BCUT2D eigenvalue weighted by molar-refractivity contribution is 6.35. The Balaban J connectivity index is 1.94. The second-order valence-electron chi connectivity index (χ2n) is 5.63. The Morgan fingerprint density at radius 1 is 0.880 bits per heavy atom. The Bertz CT molecular complexity index is 1030. The number of ether oxygens (including phenoxy) is 1. The van der Waals surface area contributed by atoms with E-state index in [4.69, 9.17) is 33.0 Å².